The Labute approximate surface area is 104 Å². The molecule has 94 valence electrons. The summed E-state index contributed by atoms with van der Waals surface area (Å²) in [6, 6.07) is 0.323. The molecule has 1 atom stereocenters. The van der Waals surface area contributed by atoms with E-state index in [0.717, 1.165) is 13.1 Å². The van der Waals surface area contributed by atoms with Gasteiger partial charge in [-0.1, -0.05) is 0 Å². The van der Waals surface area contributed by atoms with E-state index in [1.807, 2.05) is 18.6 Å². The van der Waals surface area contributed by atoms with Crippen molar-refractivity contribution in [1.29, 1.82) is 0 Å². The summed E-state index contributed by atoms with van der Waals surface area (Å²) in [4.78, 5) is 18.0. The van der Waals surface area contributed by atoms with Crippen molar-refractivity contribution in [2.75, 3.05) is 19.7 Å². The molecule has 1 aliphatic heterocycles. The molecule has 17 heavy (non-hydrogen) atoms. The second-order valence-corrected chi connectivity index (χ2v) is 5.54. The van der Waals surface area contributed by atoms with E-state index in [9.17, 15) is 4.79 Å². The van der Waals surface area contributed by atoms with Gasteiger partial charge in [-0.3, -0.25) is 9.88 Å². The van der Waals surface area contributed by atoms with E-state index in [1.165, 1.54) is 4.88 Å². The van der Waals surface area contributed by atoms with Crippen LogP contribution in [0.2, 0.25) is 0 Å². The Morgan fingerprint density at radius 2 is 2.47 bits per heavy atom. The Bertz CT molecular complexity index is 387. The van der Waals surface area contributed by atoms with Gasteiger partial charge >= 0.3 is 5.97 Å². The molecule has 5 nitrogen and oxygen atoms in total. The first-order valence-electron chi connectivity index (χ1n) is 5.48. The highest BCUT2D eigenvalue weighted by Crippen LogP contribution is 2.34. The van der Waals surface area contributed by atoms with Crippen molar-refractivity contribution >= 4 is 17.3 Å². The molecule has 2 heterocycles. The molecule has 1 unspecified atom stereocenters. The van der Waals surface area contributed by atoms with Gasteiger partial charge in [-0.25, -0.2) is 4.79 Å². The zero-order chi connectivity index (χ0) is 12.5. The van der Waals surface area contributed by atoms with Crippen molar-refractivity contribution in [1.82, 2.24) is 9.88 Å². The van der Waals surface area contributed by atoms with Gasteiger partial charge in [-0.05, 0) is 13.8 Å². The molecule has 1 aromatic rings. The van der Waals surface area contributed by atoms with Crippen LogP contribution in [0.1, 0.15) is 24.8 Å². The predicted molar refractivity (Wildman–Crippen MR) is 64.1 cm³/mol. The highest BCUT2D eigenvalue weighted by Gasteiger charge is 2.42. The molecule has 0 aliphatic carbocycles. The lowest BCUT2D eigenvalue weighted by Gasteiger charge is -2.49. The summed E-state index contributed by atoms with van der Waals surface area (Å²) in [7, 11) is 0. The van der Waals surface area contributed by atoms with Gasteiger partial charge in [-0.2, -0.15) is 0 Å². The van der Waals surface area contributed by atoms with Gasteiger partial charge in [0, 0.05) is 30.2 Å². The normalized spacial score (nSPS) is 20.8. The lowest BCUT2D eigenvalue weighted by atomic mass is 9.94. The highest BCUT2D eigenvalue weighted by atomic mass is 32.1. The van der Waals surface area contributed by atoms with Crippen LogP contribution >= 0.6 is 11.3 Å². The van der Waals surface area contributed by atoms with Crippen LogP contribution in [0.25, 0.3) is 0 Å². The lowest BCUT2D eigenvalue weighted by molar-refractivity contribution is -0.169. The van der Waals surface area contributed by atoms with E-state index in [1.54, 1.807) is 11.3 Å². The molecule has 1 aromatic heterocycles. The maximum atomic E-state index is 10.4. The molecule has 0 radical (unpaired) electrons. The van der Waals surface area contributed by atoms with Crippen LogP contribution in [-0.2, 0) is 9.53 Å². The number of carboxylic acid groups (broad SMARTS) is 1. The number of carbonyl (C=O) groups is 1. The minimum Gasteiger partial charge on any atom is -0.480 e. The molecule has 0 amide bonds. The Morgan fingerprint density at radius 1 is 1.76 bits per heavy atom. The van der Waals surface area contributed by atoms with Crippen LogP contribution in [0, 0.1) is 0 Å². The fourth-order valence-corrected chi connectivity index (χ4v) is 2.74. The van der Waals surface area contributed by atoms with Crippen LogP contribution in [0.5, 0.6) is 0 Å². The molecule has 0 saturated carbocycles. The van der Waals surface area contributed by atoms with E-state index < -0.39 is 5.97 Å². The Hall–Kier alpha value is -0.980. The predicted octanol–water partition coefficient (Wildman–Crippen LogP) is 1.38. The third kappa shape index (κ3) is 2.83. The molecular formula is C11H16N2O3S. The maximum Gasteiger partial charge on any atom is 0.329 e. The van der Waals surface area contributed by atoms with Crippen molar-refractivity contribution in [3.8, 4) is 0 Å². The maximum absolute atomic E-state index is 10.4. The van der Waals surface area contributed by atoms with Crippen molar-refractivity contribution in [2.24, 2.45) is 0 Å². The largest absolute Gasteiger partial charge is 0.480 e. The summed E-state index contributed by atoms with van der Waals surface area (Å²) in [5, 5.41) is 8.58. The minimum absolute atomic E-state index is 0.223. The van der Waals surface area contributed by atoms with Crippen molar-refractivity contribution in [2.45, 2.75) is 25.5 Å². The first kappa shape index (κ1) is 12.5. The summed E-state index contributed by atoms with van der Waals surface area (Å²) < 4.78 is 5.37. The first-order valence-corrected chi connectivity index (χ1v) is 6.36. The summed E-state index contributed by atoms with van der Waals surface area (Å²) >= 11 is 1.64. The summed E-state index contributed by atoms with van der Waals surface area (Å²) in [5.74, 6) is -0.916. The first-order chi connectivity index (χ1) is 8.00. The quantitative estimate of drug-likeness (QED) is 0.862. The third-order valence-corrected chi connectivity index (χ3v) is 3.98. The van der Waals surface area contributed by atoms with Crippen molar-refractivity contribution in [3.05, 3.63) is 16.6 Å². The van der Waals surface area contributed by atoms with Gasteiger partial charge in [0.2, 0.25) is 0 Å². The summed E-state index contributed by atoms with van der Waals surface area (Å²) in [5.41, 5.74) is 1.50. The van der Waals surface area contributed by atoms with Crippen LogP contribution in [0.4, 0.5) is 0 Å². The van der Waals surface area contributed by atoms with Crippen LogP contribution < -0.4 is 0 Å². The zero-order valence-corrected chi connectivity index (χ0v) is 10.7. The van der Waals surface area contributed by atoms with E-state index >= 15 is 0 Å². The minimum atomic E-state index is -0.916. The topological polar surface area (TPSA) is 62.7 Å². The second-order valence-electron chi connectivity index (χ2n) is 4.62. The van der Waals surface area contributed by atoms with Gasteiger partial charge in [0.25, 0.3) is 0 Å². The van der Waals surface area contributed by atoms with Gasteiger partial charge in [0.15, 0.2) is 0 Å². The third-order valence-electron chi connectivity index (χ3n) is 3.03. The number of aliphatic carboxylic acids is 1. The fraction of sp³-hybridized carbons (Fsp3) is 0.636. The smallest absolute Gasteiger partial charge is 0.329 e. The highest BCUT2D eigenvalue weighted by molar-refractivity contribution is 7.09. The molecule has 1 saturated heterocycles. The average molecular weight is 256 g/mol. The Kier molecular flexibility index (Phi) is 3.46. The monoisotopic (exact) mass is 256 g/mol. The summed E-state index contributed by atoms with van der Waals surface area (Å²) in [6.45, 7) is 5.38. The Morgan fingerprint density at radius 3 is 3.00 bits per heavy atom. The number of ether oxygens (including phenoxy) is 1. The fourth-order valence-electron chi connectivity index (χ4n) is 2.03. The van der Waals surface area contributed by atoms with Gasteiger partial charge in [0.05, 0.1) is 11.1 Å². The van der Waals surface area contributed by atoms with E-state index in [0.29, 0.717) is 6.04 Å². The van der Waals surface area contributed by atoms with Crippen LogP contribution in [0.15, 0.2) is 11.7 Å². The molecule has 2 rings (SSSR count). The zero-order valence-electron chi connectivity index (χ0n) is 9.92. The molecule has 0 aromatic carbocycles. The standard InChI is InChI=1S/C11H16N2O3S/c1-8(9-3-12-7-17-9)13-5-11(2,6-13)16-4-10(14)15/h3,7-8H,4-6H2,1-2H3,(H,14,15). The Balaban J connectivity index is 1.83. The molecule has 1 fully saturated rings. The van der Waals surface area contributed by atoms with Crippen LogP contribution in [-0.4, -0.2) is 46.3 Å². The molecule has 6 heteroatoms. The molecule has 1 N–H and O–H groups in total. The van der Waals surface area contributed by atoms with Crippen LogP contribution in [0.3, 0.4) is 0 Å². The molecule has 0 bridgehead atoms. The lowest BCUT2D eigenvalue weighted by Crippen LogP contribution is -2.62. The van der Waals surface area contributed by atoms with Crippen molar-refractivity contribution in [3.63, 3.8) is 0 Å². The SMILES string of the molecule is CC(c1cncs1)N1CC(C)(OCC(=O)O)C1. The van der Waals surface area contributed by atoms with E-state index in [4.69, 9.17) is 9.84 Å². The number of aromatic nitrogens is 1. The number of hydrogen-bond acceptors (Lipinski definition) is 5. The average Bonchev–Trinajstić information content (AvgIpc) is 2.74. The number of nitrogens with zero attached hydrogens (tertiary/aromatic N) is 2. The number of thiazole rings is 1. The second kappa shape index (κ2) is 4.72. The number of hydrogen-bond donors (Lipinski definition) is 1. The van der Waals surface area contributed by atoms with E-state index in [-0.39, 0.29) is 12.2 Å². The van der Waals surface area contributed by atoms with Gasteiger partial charge in [-0.15, -0.1) is 11.3 Å². The van der Waals surface area contributed by atoms with Crippen molar-refractivity contribution < 1.29 is 14.6 Å². The number of likely N-dealkylation sites (tertiary alicyclic amines) is 1. The van der Waals surface area contributed by atoms with Gasteiger partial charge < -0.3 is 9.84 Å². The summed E-state index contributed by atoms with van der Waals surface area (Å²) in [6.07, 6.45) is 1.88. The van der Waals surface area contributed by atoms with Gasteiger partial charge in [0.1, 0.15) is 6.61 Å². The number of carboxylic acids is 1. The number of rotatable bonds is 5. The molecular weight excluding hydrogens is 240 g/mol. The molecule has 1 aliphatic rings. The van der Waals surface area contributed by atoms with E-state index in [2.05, 4.69) is 16.8 Å². The molecule has 0 spiro atoms.